The Hall–Kier alpha value is -2.98. The molecular formula is C23H22FN2O+. The molecule has 0 unspecified atom stereocenters. The van der Waals surface area contributed by atoms with E-state index in [0.717, 1.165) is 28.8 Å². The fourth-order valence-electron chi connectivity index (χ4n) is 3.56. The maximum atomic E-state index is 13.3. The highest BCUT2D eigenvalue weighted by Crippen LogP contribution is 2.29. The van der Waals surface area contributed by atoms with Crippen LogP contribution in [0.4, 0.5) is 4.39 Å². The van der Waals surface area contributed by atoms with E-state index in [9.17, 15) is 9.50 Å². The minimum atomic E-state index is -0.255. The Kier molecular flexibility index (Phi) is 4.73. The number of aliphatic imine (C=N–C) groups is 1. The summed E-state index contributed by atoms with van der Waals surface area (Å²) in [5, 5.41) is 12.5. The zero-order valence-electron chi connectivity index (χ0n) is 15.1. The Morgan fingerprint density at radius 3 is 2.37 bits per heavy atom. The molecule has 0 aliphatic carbocycles. The van der Waals surface area contributed by atoms with Crippen LogP contribution in [-0.4, -0.2) is 10.8 Å². The van der Waals surface area contributed by atoms with Crippen molar-refractivity contribution in [1.29, 1.82) is 0 Å². The highest BCUT2D eigenvalue weighted by Gasteiger charge is 2.31. The van der Waals surface area contributed by atoms with Gasteiger partial charge in [-0.2, -0.15) is 0 Å². The van der Waals surface area contributed by atoms with Crippen LogP contribution in [0.25, 0.3) is 0 Å². The first kappa shape index (κ1) is 17.4. The highest BCUT2D eigenvalue weighted by molar-refractivity contribution is 6.01. The molecule has 1 heterocycles. The molecule has 0 amide bonds. The number of nitrogens with zero attached hydrogens (tertiary/aromatic N) is 1. The van der Waals surface area contributed by atoms with E-state index in [0.29, 0.717) is 5.75 Å². The number of aryl methyl sites for hydroxylation is 1. The Morgan fingerprint density at radius 1 is 0.963 bits per heavy atom. The maximum absolute atomic E-state index is 13.3. The molecule has 4 rings (SSSR count). The number of phenols is 1. The monoisotopic (exact) mass is 361 g/mol. The Labute approximate surface area is 158 Å². The summed E-state index contributed by atoms with van der Waals surface area (Å²) in [4.78, 5) is 4.94. The summed E-state index contributed by atoms with van der Waals surface area (Å²) in [6.45, 7) is 2.06. The van der Waals surface area contributed by atoms with Gasteiger partial charge in [-0.1, -0.05) is 42.0 Å². The lowest BCUT2D eigenvalue weighted by atomic mass is 9.93. The minimum Gasteiger partial charge on any atom is -0.507 e. The van der Waals surface area contributed by atoms with Gasteiger partial charge in [0.15, 0.2) is 0 Å². The molecule has 1 aliphatic rings. The fourth-order valence-corrected chi connectivity index (χ4v) is 3.56. The first-order chi connectivity index (χ1) is 13.1. The van der Waals surface area contributed by atoms with E-state index < -0.39 is 0 Å². The van der Waals surface area contributed by atoms with Crippen molar-refractivity contribution in [3.8, 4) is 5.75 Å². The molecule has 0 bridgehead atoms. The van der Waals surface area contributed by atoms with Gasteiger partial charge in [0.25, 0.3) is 0 Å². The van der Waals surface area contributed by atoms with E-state index in [4.69, 9.17) is 4.99 Å². The number of nitrogens with two attached hydrogens (primary N) is 1. The summed E-state index contributed by atoms with van der Waals surface area (Å²) in [6, 6.07) is 22.3. The summed E-state index contributed by atoms with van der Waals surface area (Å²) in [7, 11) is 0. The van der Waals surface area contributed by atoms with Crippen molar-refractivity contribution < 1.29 is 14.8 Å². The number of rotatable bonds is 3. The predicted molar refractivity (Wildman–Crippen MR) is 104 cm³/mol. The first-order valence-corrected chi connectivity index (χ1v) is 9.12. The van der Waals surface area contributed by atoms with Gasteiger partial charge in [0.05, 0.1) is 11.3 Å². The minimum absolute atomic E-state index is 0.0371. The third-order valence-electron chi connectivity index (χ3n) is 5.06. The molecule has 2 atom stereocenters. The molecule has 4 heteroatoms. The van der Waals surface area contributed by atoms with Gasteiger partial charge in [-0.3, -0.25) is 0 Å². The van der Waals surface area contributed by atoms with Crippen LogP contribution in [0.1, 0.15) is 40.9 Å². The number of quaternary nitrogens is 1. The Bertz CT molecular complexity index is 964. The van der Waals surface area contributed by atoms with Gasteiger partial charge in [-0.15, -0.1) is 0 Å². The van der Waals surface area contributed by atoms with E-state index in [1.54, 1.807) is 18.2 Å². The molecular weight excluding hydrogens is 339 g/mol. The van der Waals surface area contributed by atoms with Gasteiger partial charge in [0.2, 0.25) is 6.17 Å². The summed E-state index contributed by atoms with van der Waals surface area (Å²) in [5.74, 6) is 0.0383. The number of halogens is 1. The van der Waals surface area contributed by atoms with Crippen molar-refractivity contribution >= 4 is 5.71 Å². The van der Waals surface area contributed by atoms with E-state index in [-0.39, 0.29) is 18.0 Å². The van der Waals surface area contributed by atoms with Gasteiger partial charge in [-0.05, 0) is 48.9 Å². The average molecular weight is 361 g/mol. The summed E-state index contributed by atoms with van der Waals surface area (Å²) in [5.41, 5.74) is 5.13. The molecule has 0 fully saturated rings. The molecule has 3 aromatic carbocycles. The molecule has 0 aromatic heterocycles. The van der Waals surface area contributed by atoms with E-state index in [1.165, 1.54) is 17.7 Å². The lowest BCUT2D eigenvalue weighted by Crippen LogP contribution is -2.87. The van der Waals surface area contributed by atoms with Gasteiger partial charge < -0.3 is 10.4 Å². The van der Waals surface area contributed by atoms with Crippen LogP contribution in [0, 0.1) is 12.7 Å². The van der Waals surface area contributed by atoms with Crippen molar-refractivity contribution in [2.45, 2.75) is 25.6 Å². The molecule has 3 nitrogen and oxygen atoms in total. The van der Waals surface area contributed by atoms with E-state index in [2.05, 4.69) is 36.5 Å². The maximum Gasteiger partial charge on any atom is 0.206 e. The largest absolute Gasteiger partial charge is 0.507 e. The van der Waals surface area contributed by atoms with Crippen LogP contribution in [0.3, 0.4) is 0 Å². The smallest absolute Gasteiger partial charge is 0.206 e. The van der Waals surface area contributed by atoms with Crippen molar-refractivity contribution in [3.63, 3.8) is 0 Å². The normalized spacial score (nSPS) is 19.6. The number of phenolic OH excluding ortho intramolecular Hbond substituents is 1. The lowest BCUT2D eigenvalue weighted by Gasteiger charge is -2.27. The number of hydrogen-bond donors (Lipinski definition) is 2. The Balaban J connectivity index is 1.75. The third-order valence-corrected chi connectivity index (χ3v) is 5.06. The fraction of sp³-hybridized carbons (Fsp3) is 0.174. The van der Waals surface area contributed by atoms with Crippen LogP contribution in [0.2, 0.25) is 0 Å². The summed E-state index contributed by atoms with van der Waals surface area (Å²) in [6.07, 6.45) is 0.540. The third kappa shape index (κ3) is 3.76. The number of aromatic hydroxyl groups is 1. The second-order valence-corrected chi connectivity index (χ2v) is 7.00. The zero-order chi connectivity index (χ0) is 18.8. The summed E-state index contributed by atoms with van der Waals surface area (Å²) >= 11 is 0. The number of para-hydroxylation sites is 1. The van der Waals surface area contributed by atoms with Gasteiger partial charge >= 0.3 is 0 Å². The zero-order valence-corrected chi connectivity index (χ0v) is 15.1. The molecule has 1 aliphatic heterocycles. The van der Waals surface area contributed by atoms with E-state index in [1.807, 2.05) is 18.2 Å². The first-order valence-electron chi connectivity index (χ1n) is 9.12. The molecule has 0 radical (unpaired) electrons. The molecule has 0 saturated carbocycles. The molecule has 136 valence electrons. The number of hydrogen-bond acceptors (Lipinski definition) is 2. The van der Waals surface area contributed by atoms with Crippen LogP contribution in [0.5, 0.6) is 5.75 Å². The van der Waals surface area contributed by atoms with Crippen molar-refractivity contribution in [2.24, 2.45) is 4.99 Å². The predicted octanol–water partition coefficient (Wildman–Crippen LogP) is 4.04. The van der Waals surface area contributed by atoms with E-state index >= 15 is 0 Å². The second kappa shape index (κ2) is 7.33. The second-order valence-electron chi connectivity index (χ2n) is 7.00. The standard InChI is InChI=1S/C23H21FN2O/c1-15-6-8-16(9-7-15)20-14-21(19-4-2-3-5-22(19)27)26-23(25-20)17-10-12-18(24)13-11-17/h2-13,21,23,26-27H,14H2,1H3/p+1/t21-,23-/m0/s1. The Morgan fingerprint density at radius 2 is 1.67 bits per heavy atom. The summed E-state index contributed by atoms with van der Waals surface area (Å²) < 4.78 is 13.3. The highest BCUT2D eigenvalue weighted by atomic mass is 19.1. The lowest BCUT2D eigenvalue weighted by molar-refractivity contribution is -0.735. The quantitative estimate of drug-likeness (QED) is 0.727. The van der Waals surface area contributed by atoms with Crippen LogP contribution in [-0.2, 0) is 0 Å². The SMILES string of the molecule is Cc1ccc(C2=N[C@H](c3ccc(F)cc3)[NH2+][C@H](c3ccccc3O)C2)cc1. The van der Waals surface area contributed by atoms with Crippen molar-refractivity contribution in [2.75, 3.05) is 0 Å². The van der Waals surface area contributed by atoms with Crippen LogP contribution < -0.4 is 5.32 Å². The van der Waals surface area contributed by atoms with Crippen LogP contribution >= 0.6 is 0 Å². The molecule has 0 spiro atoms. The topological polar surface area (TPSA) is 49.2 Å². The van der Waals surface area contributed by atoms with Crippen LogP contribution in [0.15, 0.2) is 77.8 Å². The van der Waals surface area contributed by atoms with Gasteiger partial charge in [-0.25, -0.2) is 9.38 Å². The van der Waals surface area contributed by atoms with Gasteiger partial charge in [0, 0.05) is 12.0 Å². The molecule has 27 heavy (non-hydrogen) atoms. The molecule has 0 saturated heterocycles. The average Bonchev–Trinajstić information content (AvgIpc) is 2.69. The number of benzene rings is 3. The molecule has 3 N–H and O–H groups in total. The molecule has 3 aromatic rings. The van der Waals surface area contributed by atoms with Crippen molar-refractivity contribution in [1.82, 2.24) is 0 Å². The van der Waals surface area contributed by atoms with Crippen molar-refractivity contribution in [3.05, 3.63) is 101 Å². The van der Waals surface area contributed by atoms with Gasteiger partial charge in [0.1, 0.15) is 17.6 Å².